The smallest absolute Gasteiger partial charge is 0.398 e. The molecule has 3 nitrogen and oxygen atoms in total. The predicted octanol–water partition coefficient (Wildman–Crippen LogP) is 4.38. The first kappa shape index (κ1) is 18.6. The van der Waals surface area contributed by atoms with E-state index >= 15 is 4.39 Å². The van der Waals surface area contributed by atoms with Gasteiger partial charge in [-0.3, -0.25) is 4.90 Å². The second-order valence-corrected chi connectivity index (χ2v) is 8.33. The lowest BCUT2D eigenvalue weighted by Crippen LogP contribution is -2.41. The third-order valence-electron chi connectivity index (χ3n) is 5.84. The summed E-state index contributed by atoms with van der Waals surface area (Å²) in [6.45, 7) is 12.5. The lowest BCUT2D eigenvalue weighted by molar-refractivity contribution is 0.00578. The maximum absolute atomic E-state index is 15.1. The Morgan fingerprint density at radius 2 is 1.76 bits per heavy atom. The molecule has 5 heteroatoms. The van der Waals surface area contributed by atoms with Crippen molar-refractivity contribution < 1.29 is 13.7 Å². The Balaban J connectivity index is 1.67. The Morgan fingerprint density at radius 1 is 1.16 bits per heavy atom. The number of likely N-dealkylation sites (tertiary alicyclic amines) is 1. The zero-order valence-corrected chi connectivity index (χ0v) is 16.0. The summed E-state index contributed by atoms with van der Waals surface area (Å²) >= 11 is 0. The minimum atomic E-state index is -0.872. The highest BCUT2D eigenvalue weighted by Gasteiger charge is 2.53. The molecular formula is C20H29BFNO2. The van der Waals surface area contributed by atoms with E-state index in [9.17, 15) is 0 Å². The summed E-state index contributed by atoms with van der Waals surface area (Å²) in [6.07, 6.45) is 0.726. The summed E-state index contributed by atoms with van der Waals surface area (Å²) in [5, 5.41) is 0. The van der Waals surface area contributed by atoms with Gasteiger partial charge in [0.05, 0.1) is 11.2 Å². The molecule has 1 atom stereocenters. The van der Waals surface area contributed by atoms with Crippen LogP contribution in [0.3, 0.4) is 0 Å². The van der Waals surface area contributed by atoms with Crippen LogP contribution < -0.4 is 0 Å². The topological polar surface area (TPSA) is 21.7 Å². The van der Waals surface area contributed by atoms with Crippen LogP contribution in [0.2, 0.25) is 0 Å². The molecule has 0 aromatic heterocycles. The van der Waals surface area contributed by atoms with Crippen LogP contribution in [0.5, 0.6) is 0 Å². The van der Waals surface area contributed by atoms with E-state index in [0.29, 0.717) is 0 Å². The van der Waals surface area contributed by atoms with Crippen molar-refractivity contribution in [3.63, 3.8) is 0 Å². The highest BCUT2D eigenvalue weighted by molar-refractivity contribution is 6.53. The molecule has 2 aliphatic rings. The molecule has 0 amide bonds. The summed E-state index contributed by atoms with van der Waals surface area (Å²) in [4.78, 5) is 2.39. The maximum atomic E-state index is 15.1. The molecule has 25 heavy (non-hydrogen) atoms. The van der Waals surface area contributed by atoms with E-state index < -0.39 is 18.3 Å². The van der Waals surface area contributed by atoms with Crippen LogP contribution in [0, 0.1) is 5.92 Å². The van der Waals surface area contributed by atoms with Crippen molar-refractivity contribution in [2.24, 2.45) is 5.92 Å². The Kier molecular flexibility index (Phi) is 5.11. The molecule has 1 unspecified atom stereocenters. The van der Waals surface area contributed by atoms with Crippen LogP contribution in [0.4, 0.5) is 4.39 Å². The van der Waals surface area contributed by atoms with Crippen LogP contribution >= 0.6 is 0 Å². The predicted molar refractivity (Wildman–Crippen MR) is 99.7 cm³/mol. The van der Waals surface area contributed by atoms with Gasteiger partial charge >= 0.3 is 7.12 Å². The van der Waals surface area contributed by atoms with Gasteiger partial charge in [0, 0.05) is 19.6 Å². The molecule has 2 fully saturated rings. The van der Waals surface area contributed by atoms with Crippen LogP contribution in [-0.2, 0) is 15.9 Å². The number of piperidine rings is 1. The van der Waals surface area contributed by atoms with E-state index in [-0.39, 0.29) is 11.6 Å². The first-order valence-electron chi connectivity index (χ1n) is 9.20. The van der Waals surface area contributed by atoms with Crippen LogP contribution in [0.15, 0.2) is 41.6 Å². The van der Waals surface area contributed by atoms with Gasteiger partial charge in [-0.15, -0.1) is 0 Å². The molecule has 3 rings (SSSR count). The summed E-state index contributed by atoms with van der Waals surface area (Å²) in [5.41, 5.74) is 0.918. The fraction of sp³-hybridized carbons (Fsp3) is 0.600. The largest absolute Gasteiger partial charge is 0.525 e. The minimum absolute atomic E-state index is 0.163. The summed E-state index contributed by atoms with van der Waals surface area (Å²) < 4.78 is 26.9. The molecule has 1 aromatic rings. The van der Waals surface area contributed by atoms with E-state index in [0.717, 1.165) is 31.6 Å². The van der Waals surface area contributed by atoms with Crippen LogP contribution in [0.1, 0.15) is 46.6 Å². The normalized spacial score (nSPS) is 28.2. The lowest BCUT2D eigenvalue weighted by Gasteiger charge is -2.33. The van der Waals surface area contributed by atoms with Gasteiger partial charge in [0.25, 0.3) is 0 Å². The number of benzene rings is 1. The Bertz CT molecular complexity index is 628. The molecule has 2 heterocycles. The van der Waals surface area contributed by atoms with Gasteiger partial charge < -0.3 is 9.31 Å². The number of rotatable bonds is 3. The van der Waals surface area contributed by atoms with Crippen molar-refractivity contribution in [1.82, 2.24) is 4.90 Å². The summed E-state index contributed by atoms with van der Waals surface area (Å²) in [6, 6.07) is 10.4. The highest BCUT2D eigenvalue weighted by atomic mass is 19.1. The van der Waals surface area contributed by atoms with E-state index in [4.69, 9.17) is 9.31 Å². The van der Waals surface area contributed by atoms with E-state index in [1.54, 1.807) is 0 Å². The van der Waals surface area contributed by atoms with Gasteiger partial charge in [-0.2, -0.15) is 0 Å². The summed E-state index contributed by atoms with van der Waals surface area (Å²) in [7, 11) is -0.872. The SMILES string of the molecule is CC1CN(Cc2ccccc2)CCC1=C(F)B1OC(C)(C)C(C)(C)O1. The molecule has 1 aromatic carbocycles. The van der Waals surface area contributed by atoms with E-state index in [2.05, 4.69) is 36.1 Å². The Labute approximate surface area is 151 Å². The average Bonchev–Trinajstić information content (AvgIpc) is 2.76. The third-order valence-corrected chi connectivity index (χ3v) is 5.84. The van der Waals surface area contributed by atoms with Crippen molar-refractivity contribution in [2.45, 2.75) is 58.8 Å². The van der Waals surface area contributed by atoms with Crippen molar-refractivity contribution in [1.29, 1.82) is 0 Å². The molecule has 0 bridgehead atoms. The quantitative estimate of drug-likeness (QED) is 0.759. The average molecular weight is 345 g/mol. The fourth-order valence-corrected chi connectivity index (χ4v) is 3.55. The van der Waals surface area contributed by atoms with Gasteiger partial charge in [0.15, 0.2) is 0 Å². The van der Waals surface area contributed by atoms with Crippen LogP contribution in [-0.4, -0.2) is 36.3 Å². The maximum Gasteiger partial charge on any atom is 0.525 e. The molecule has 0 spiro atoms. The first-order chi connectivity index (χ1) is 11.7. The molecule has 0 aliphatic carbocycles. The number of nitrogens with zero attached hydrogens (tertiary/aromatic N) is 1. The zero-order valence-electron chi connectivity index (χ0n) is 16.0. The van der Waals surface area contributed by atoms with Gasteiger partial charge in [0.2, 0.25) is 0 Å². The highest BCUT2D eigenvalue weighted by Crippen LogP contribution is 2.40. The van der Waals surface area contributed by atoms with Gasteiger partial charge in [-0.1, -0.05) is 37.3 Å². The third kappa shape index (κ3) is 3.84. The van der Waals surface area contributed by atoms with Gasteiger partial charge in [-0.05, 0) is 51.2 Å². The fourth-order valence-electron chi connectivity index (χ4n) is 3.55. The van der Waals surface area contributed by atoms with Crippen molar-refractivity contribution in [3.05, 3.63) is 47.2 Å². The standard InChI is InChI=1S/C20H29BFNO2/c1-15-13-23(14-16-9-7-6-8-10-16)12-11-17(15)18(22)21-24-19(2,3)20(4,5)25-21/h6-10,15H,11-14H2,1-5H3. The lowest BCUT2D eigenvalue weighted by atomic mass is 9.79. The van der Waals surface area contributed by atoms with Gasteiger partial charge in [-0.25, -0.2) is 4.39 Å². The molecule has 0 saturated carbocycles. The zero-order chi connectivity index (χ0) is 18.2. The molecule has 0 N–H and O–H groups in total. The Morgan fingerprint density at radius 3 is 2.32 bits per heavy atom. The van der Waals surface area contributed by atoms with Crippen molar-refractivity contribution in [2.75, 3.05) is 13.1 Å². The second kappa shape index (κ2) is 6.86. The monoisotopic (exact) mass is 345 g/mol. The van der Waals surface area contributed by atoms with Crippen LogP contribution in [0.25, 0.3) is 0 Å². The first-order valence-corrected chi connectivity index (χ1v) is 9.20. The molecule has 2 saturated heterocycles. The van der Waals surface area contributed by atoms with E-state index in [1.807, 2.05) is 33.8 Å². The molecule has 136 valence electrons. The molecule has 0 radical (unpaired) electrons. The summed E-state index contributed by atoms with van der Waals surface area (Å²) in [5.74, 6) is 0.163. The van der Waals surface area contributed by atoms with Gasteiger partial charge in [0.1, 0.15) is 5.73 Å². The number of hydrogen-bond acceptors (Lipinski definition) is 3. The van der Waals surface area contributed by atoms with E-state index in [1.165, 1.54) is 5.56 Å². The number of halogens is 1. The Hall–Kier alpha value is -1.17. The number of hydrogen-bond donors (Lipinski definition) is 0. The van der Waals surface area contributed by atoms with Crippen molar-refractivity contribution in [3.8, 4) is 0 Å². The molecular weight excluding hydrogens is 316 g/mol. The molecule has 2 aliphatic heterocycles. The second-order valence-electron chi connectivity index (χ2n) is 8.33. The minimum Gasteiger partial charge on any atom is -0.398 e. The van der Waals surface area contributed by atoms with Crippen molar-refractivity contribution >= 4 is 7.12 Å².